The first-order valence-corrected chi connectivity index (χ1v) is 18.4. The SMILES string of the molecule is c1ccc(-c2ccccc2N(c2ccc3c(c2)C2(c4ccccc4-3)C3CC4CC(C3)CC2C4)c2ccc3c(ccc4ccccc43)c2)cc1. The fourth-order valence-electron chi connectivity index (χ4n) is 11.4. The Morgan fingerprint density at radius 3 is 1.88 bits per heavy atom. The van der Waals surface area contributed by atoms with Gasteiger partial charge in [-0.05, 0) is 135 Å². The molecule has 7 aromatic rings. The van der Waals surface area contributed by atoms with E-state index in [-0.39, 0.29) is 5.41 Å². The zero-order valence-corrected chi connectivity index (χ0v) is 27.7. The topological polar surface area (TPSA) is 3.24 Å². The molecule has 5 aliphatic carbocycles. The maximum Gasteiger partial charge on any atom is 0.0540 e. The van der Waals surface area contributed by atoms with Crippen LogP contribution in [0.3, 0.4) is 0 Å². The van der Waals surface area contributed by atoms with Crippen molar-refractivity contribution < 1.29 is 0 Å². The molecule has 1 nitrogen and oxygen atoms in total. The molecule has 0 N–H and O–H groups in total. The molecule has 0 aliphatic heterocycles. The highest BCUT2D eigenvalue weighted by atomic mass is 15.1. The van der Waals surface area contributed by atoms with Gasteiger partial charge >= 0.3 is 0 Å². The van der Waals surface area contributed by atoms with Crippen LogP contribution in [0.2, 0.25) is 0 Å². The Balaban J connectivity index is 1.15. The molecule has 49 heavy (non-hydrogen) atoms. The lowest BCUT2D eigenvalue weighted by molar-refractivity contribution is -0.0399. The maximum absolute atomic E-state index is 2.63. The fraction of sp³-hybridized carbons (Fsp3) is 0.208. The molecule has 0 unspecified atom stereocenters. The van der Waals surface area contributed by atoms with Crippen LogP contribution in [0.1, 0.15) is 43.2 Å². The molecule has 1 heteroatoms. The summed E-state index contributed by atoms with van der Waals surface area (Å²) in [5.41, 5.74) is 12.4. The second-order valence-corrected chi connectivity index (χ2v) is 15.4. The molecular weight excluding hydrogens is 591 g/mol. The predicted octanol–water partition coefficient (Wildman–Crippen LogP) is 12.9. The van der Waals surface area contributed by atoms with E-state index in [2.05, 4.69) is 157 Å². The van der Waals surface area contributed by atoms with Gasteiger partial charge in [0, 0.05) is 22.4 Å². The lowest BCUT2D eigenvalue weighted by Crippen LogP contribution is -2.55. The summed E-state index contributed by atoms with van der Waals surface area (Å²) in [5, 5.41) is 5.16. The zero-order valence-electron chi connectivity index (χ0n) is 27.7. The highest BCUT2D eigenvalue weighted by molar-refractivity contribution is 6.08. The van der Waals surface area contributed by atoms with Crippen molar-refractivity contribution in [1.29, 1.82) is 0 Å². The molecule has 4 fully saturated rings. The van der Waals surface area contributed by atoms with Gasteiger partial charge in [-0.1, -0.05) is 121 Å². The van der Waals surface area contributed by atoms with Crippen molar-refractivity contribution in [2.75, 3.05) is 4.90 Å². The van der Waals surface area contributed by atoms with E-state index in [0.29, 0.717) is 0 Å². The number of rotatable bonds is 4. The second-order valence-electron chi connectivity index (χ2n) is 15.4. The number of para-hydroxylation sites is 1. The summed E-state index contributed by atoms with van der Waals surface area (Å²) < 4.78 is 0. The monoisotopic (exact) mass is 629 g/mol. The summed E-state index contributed by atoms with van der Waals surface area (Å²) in [4.78, 5) is 2.55. The average molecular weight is 630 g/mol. The zero-order chi connectivity index (χ0) is 32.1. The van der Waals surface area contributed by atoms with Gasteiger partial charge in [0.1, 0.15) is 0 Å². The molecule has 0 saturated heterocycles. The Kier molecular flexibility index (Phi) is 5.91. The second kappa shape index (κ2) is 10.4. The number of hydrogen-bond donors (Lipinski definition) is 0. The van der Waals surface area contributed by atoms with Crippen LogP contribution >= 0.6 is 0 Å². The number of hydrogen-bond acceptors (Lipinski definition) is 1. The smallest absolute Gasteiger partial charge is 0.0540 e. The molecule has 12 rings (SSSR count). The van der Waals surface area contributed by atoms with Gasteiger partial charge in [0.25, 0.3) is 0 Å². The Morgan fingerprint density at radius 1 is 0.429 bits per heavy atom. The molecule has 4 bridgehead atoms. The molecule has 4 saturated carbocycles. The number of anilines is 3. The third kappa shape index (κ3) is 3.93. The van der Waals surface area contributed by atoms with Crippen LogP contribution in [0.5, 0.6) is 0 Å². The van der Waals surface area contributed by atoms with Crippen molar-refractivity contribution >= 4 is 38.6 Å². The highest BCUT2D eigenvalue weighted by Crippen LogP contribution is 2.69. The van der Waals surface area contributed by atoms with Gasteiger partial charge in [0.15, 0.2) is 0 Å². The molecule has 7 aromatic carbocycles. The van der Waals surface area contributed by atoms with Crippen LogP contribution in [0.25, 0.3) is 43.8 Å². The van der Waals surface area contributed by atoms with E-state index >= 15 is 0 Å². The van der Waals surface area contributed by atoms with E-state index in [1.54, 1.807) is 11.1 Å². The first kappa shape index (κ1) is 27.8. The van der Waals surface area contributed by atoms with Crippen molar-refractivity contribution in [2.24, 2.45) is 23.7 Å². The summed E-state index contributed by atoms with van der Waals surface area (Å²) >= 11 is 0. The fourth-order valence-corrected chi connectivity index (χ4v) is 11.4. The number of nitrogens with zero attached hydrogens (tertiary/aromatic N) is 1. The molecular formula is C48H39N. The molecule has 0 aromatic heterocycles. The number of fused-ring (bicyclic) bond motifs is 6. The summed E-state index contributed by atoms with van der Waals surface area (Å²) in [6.07, 6.45) is 7.04. The van der Waals surface area contributed by atoms with Crippen LogP contribution < -0.4 is 4.90 Å². The van der Waals surface area contributed by atoms with E-state index in [4.69, 9.17) is 0 Å². The summed E-state index contributed by atoms with van der Waals surface area (Å²) in [7, 11) is 0. The molecule has 5 aliphatic rings. The minimum absolute atomic E-state index is 0.127. The molecule has 236 valence electrons. The van der Waals surface area contributed by atoms with Crippen molar-refractivity contribution in [1.82, 2.24) is 0 Å². The maximum atomic E-state index is 2.63. The van der Waals surface area contributed by atoms with Crippen molar-refractivity contribution in [3.8, 4) is 22.3 Å². The third-order valence-electron chi connectivity index (χ3n) is 13.0. The Labute approximate surface area is 288 Å². The minimum atomic E-state index is 0.127. The molecule has 1 spiro atoms. The average Bonchev–Trinajstić information content (AvgIpc) is 3.44. The molecule has 0 amide bonds. The Hall–Kier alpha value is -5.14. The van der Waals surface area contributed by atoms with Gasteiger partial charge in [-0.2, -0.15) is 0 Å². The first-order chi connectivity index (χ1) is 24.3. The molecule has 0 radical (unpaired) electrons. The van der Waals surface area contributed by atoms with E-state index in [0.717, 1.165) is 23.7 Å². The van der Waals surface area contributed by atoms with Crippen LogP contribution in [-0.4, -0.2) is 0 Å². The minimum Gasteiger partial charge on any atom is -0.310 e. The van der Waals surface area contributed by atoms with Crippen LogP contribution in [-0.2, 0) is 5.41 Å². The van der Waals surface area contributed by atoms with Crippen molar-refractivity contribution in [3.63, 3.8) is 0 Å². The predicted molar refractivity (Wildman–Crippen MR) is 205 cm³/mol. The number of benzene rings is 7. The van der Waals surface area contributed by atoms with Gasteiger partial charge in [0.2, 0.25) is 0 Å². The molecule has 0 heterocycles. The van der Waals surface area contributed by atoms with E-state index in [1.807, 2.05) is 0 Å². The largest absolute Gasteiger partial charge is 0.310 e. The normalized spacial score (nSPS) is 24.4. The summed E-state index contributed by atoms with van der Waals surface area (Å²) in [5.74, 6) is 3.33. The summed E-state index contributed by atoms with van der Waals surface area (Å²) in [6.45, 7) is 0. The standard InChI is InChI=1S/C48H39N/c1-2-10-33(11-3-1)42-14-7-9-17-47(42)49(38-20-22-41-35(29-38)19-18-34-12-4-5-13-40(34)41)39-21-23-44-43-15-6-8-16-45(43)48(46(44)30-39)36-25-31-24-32(27-36)28-37(48)26-31/h1-23,29-32,36-37H,24-28H2. The van der Waals surface area contributed by atoms with Gasteiger partial charge in [-0.25, -0.2) is 0 Å². The van der Waals surface area contributed by atoms with Gasteiger partial charge in [-0.15, -0.1) is 0 Å². The Morgan fingerprint density at radius 2 is 1.04 bits per heavy atom. The quantitative estimate of drug-likeness (QED) is 0.175. The highest BCUT2D eigenvalue weighted by Gasteiger charge is 2.61. The van der Waals surface area contributed by atoms with E-state index in [1.165, 1.54) is 93.0 Å². The van der Waals surface area contributed by atoms with Crippen LogP contribution in [0, 0.1) is 23.7 Å². The van der Waals surface area contributed by atoms with Crippen molar-refractivity contribution in [3.05, 3.63) is 163 Å². The van der Waals surface area contributed by atoms with Gasteiger partial charge in [0.05, 0.1) is 5.69 Å². The summed E-state index contributed by atoms with van der Waals surface area (Å²) in [6, 6.07) is 57.3. The first-order valence-electron chi connectivity index (χ1n) is 18.4. The van der Waals surface area contributed by atoms with Crippen LogP contribution in [0.4, 0.5) is 17.1 Å². The van der Waals surface area contributed by atoms with Crippen LogP contribution in [0.15, 0.2) is 152 Å². The van der Waals surface area contributed by atoms with E-state index in [9.17, 15) is 0 Å². The van der Waals surface area contributed by atoms with Crippen molar-refractivity contribution in [2.45, 2.75) is 37.5 Å². The third-order valence-corrected chi connectivity index (χ3v) is 13.0. The van der Waals surface area contributed by atoms with Gasteiger partial charge in [-0.3, -0.25) is 0 Å². The lowest BCUT2D eigenvalue weighted by Gasteiger charge is -2.61. The van der Waals surface area contributed by atoms with Gasteiger partial charge < -0.3 is 4.90 Å². The molecule has 0 atom stereocenters. The lowest BCUT2D eigenvalue weighted by atomic mass is 9.43. The Bertz CT molecular complexity index is 2390. The van der Waals surface area contributed by atoms with E-state index < -0.39 is 0 Å².